The molecule has 0 aromatic rings. The molecule has 0 aromatic heterocycles. The van der Waals surface area contributed by atoms with Gasteiger partial charge in [0.05, 0.1) is 18.8 Å². The molecule has 1 unspecified atom stereocenters. The molecule has 0 radical (unpaired) electrons. The Hall–Kier alpha value is -1.25. The van der Waals surface area contributed by atoms with E-state index in [-0.39, 0.29) is 25.4 Å². The molecule has 5 nitrogen and oxygen atoms in total. The summed E-state index contributed by atoms with van der Waals surface area (Å²) in [6.45, 7) is 6.25. The van der Waals surface area contributed by atoms with E-state index in [0.717, 1.165) is 0 Å². The van der Waals surface area contributed by atoms with Crippen molar-refractivity contribution in [2.75, 3.05) is 19.8 Å². The van der Waals surface area contributed by atoms with Crippen LogP contribution in [0.2, 0.25) is 0 Å². The van der Waals surface area contributed by atoms with Gasteiger partial charge >= 0.3 is 6.09 Å². The molecule has 0 aromatic carbocycles. The summed E-state index contributed by atoms with van der Waals surface area (Å²) in [4.78, 5) is 10.6. The number of carbonyl (C=O) groups excluding carboxylic acids is 1. The molecule has 0 bridgehead atoms. The first kappa shape index (κ1) is 14.8. The van der Waals surface area contributed by atoms with Gasteiger partial charge in [-0.2, -0.15) is 0 Å². The summed E-state index contributed by atoms with van der Waals surface area (Å²) in [5.41, 5.74) is 4.61. The van der Waals surface area contributed by atoms with Gasteiger partial charge in [-0.05, 0) is 20.8 Å². The van der Waals surface area contributed by atoms with Crippen LogP contribution in [-0.2, 0) is 14.2 Å². The Morgan fingerprint density at radius 1 is 1.44 bits per heavy atom. The molecule has 0 rings (SSSR count). The average molecular weight is 229 g/mol. The van der Waals surface area contributed by atoms with Crippen molar-refractivity contribution in [2.24, 2.45) is 5.73 Å². The van der Waals surface area contributed by atoms with Crippen LogP contribution in [0.25, 0.3) is 0 Å². The van der Waals surface area contributed by atoms with Gasteiger partial charge in [0.2, 0.25) is 0 Å². The third kappa shape index (κ3) is 9.31. The van der Waals surface area contributed by atoms with Crippen LogP contribution >= 0.6 is 0 Å². The van der Waals surface area contributed by atoms with Crippen molar-refractivity contribution >= 4 is 6.09 Å². The first-order valence-electron chi connectivity index (χ1n) is 4.96. The standard InChI is InChI=1S/C11H19NO4/c1-5-6-14-7-9(16-10(12)13)8-15-11(2,3)4/h1,9H,6-8H2,2-4H3,(H2,12,13). The highest BCUT2D eigenvalue weighted by molar-refractivity contribution is 5.64. The van der Waals surface area contributed by atoms with Crippen LogP contribution in [0.15, 0.2) is 0 Å². The summed E-state index contributed by atoms with van der Waals surface area (Å²) in [5, 5.41) is 0. The molecule has 16 heavy (non-hydrogen) atoms. The van der Waals surface area contributed by atoms with Crippen LogP contribution in [0.5, 0.6) is 0 Å². The number of nitrogens with two attached hydrogens (primary N) is 1. The molecule has 1 amide bonds. The smallest absolute Gasteiger partial charge is 0.404 e. The minimum atomic E-state index is -0.855. The van der Waals surface area contributed by atoms with Crippen molar-refractivity contribution in [1.29, 1.82) is 0 Å². The van der Waals surface area contributed by atoms with Crippen molar-refractivity contribution in [3.05, 3.63) is 0 Å². The van der Waals surface area contributed by atoms with Crippen molar-refractivity contribution in [1.82, 2.24) is 0 Å². The van der Waals surface area contributed by atoms with Crippen LogP contribution in [0.4, 0.5) is 4.79 Å². The first-order valence-corrected chi connectivity index (χ1v) is 4.96. The lowest BCUT2D eigenvalue weighted by atomic mass is 10.2. The van der Waals surface area contributed by atoms with Gasteiger partial charge in [0.15, 0.2) is 6.10 Å². The highest BCUT2D eigenvalue weighted by Gasteiger charge is 2.18. The quantitative estimate of drug-likeness (QED) is 0.543. The number of carbonyl (C=O) groups is 1. The maximum absolute atomic E-state index is 10.6. The Morgan fingerprint density at radius 2 is 2.06 bits per heavy atom. The lowest BCUT2D eigenvalue weighted by Gasteiger charge is -2.23. The predicted octanol–water partition coefficient (Wildman–Crippen LogP) is 0.915. The van der Waals surface area contributed by atoms with E-state index in [9.17, 15) is 4.79 Å². The van der Waals surface area contributed by atoms with Crippen LogP contribution in [0.1, 0.15) is 20.8 Å². The van der Waals surface area contributed by atoms with E-state index in [0.29, 0.717) is 0 Å². The number of hydrogen-bond donors (Lipinski definition) is 1. The van der Waals surface area contributed by atoms with E-state index in [2.05, 4.69) is 5.92 Å². The fourth-order valence-corrected chi connectivity index (χ4v) is 0.873. The van der Waals surface area contributed by atoms with Gasteiger partial charge in [0, 0.05) is 0 Å². The summed E-state index contributed by atoms with van der Waals surface area (Å²) >= 11 is 0. The molecule has 0 saturated heterocycles. The Labute approximate surface area is 96.2 Å². The monoisotopic (exact) mass is 229 g/mol. The van der Waals surface area contributed by atoms with E-state index >= 15 is 0 Å². The predicted molar refractivity (Wildman–Crippen MR) is 59.8 cm³/mol. The highest BCUT2D eigenvalue weighted by atomic mass is 16.6. The van der Waals surface area contributed by atoms with Gasteiger partial charge in [0.1, 0.15) is 6.61 Å². The average Bonchev–Trinajstić information content (AvgIpc) is 2.12. The molecule has 0 aliphatic rings. The minimum absolute atomic E-state index is 0.161. The van der Waals surface area contributed by atoms with Crippen molar-refractivity contribution < 1.29 is 19.0 Å². The Kier molecular flexibility index (Phi) is 6.54. The second-order valence-electron chi connectivity index (χ2n) is 4.20. The summed E-state index contributed by atoms with van der Waals surface area (Å²) in [6, 6.07) is 0. The molecule has 0 aliphatic carbocycles. The topological polar surface area (TPSA) is 70.8 Å². The maximum Gasteiger partial charge on any atom is 0.404 e. The second-order valence-corrected chi connectivity index (χ2v) is 4.20. The summed E-state index contributed by atoms with van der Waals surface area (Å²) in [7, 11) is 0. The number of ether oxygens (including phenoxy) is 3. The Balaban J connectivity index is 4.01. The van der Waals surface area contributed by atoms with Crippen LogP contribution in [0, 0.1) is 12.3 Å². The van der Waals surface area contributed by atoms with Crippen LogP contribution in [-0.4, -0.2) is 37.6 Å². The molecule has 1 atom stereocenters. The number of rotatable bonds is 6. The van der Waals surface area contributed by atoms with E-state index in [1.54, 1.807) is 0 Å². The minimum Gasteiger partial charge on any atom is -0.441 e. The van der Waals surface area contributed by atoms with E-state index in [4.69, 9.17) is 26.4 Å². The molecule has 92 valence electrons. The van der Waals surface area contributed by atoms with Crippen molar-refractivity contribution in [3.63, 3.8) is 0 Å². The number of terminal acetylenes is 1. The van der Waals surface area contributed by atoms with Crippen molar-refractivity contribution in [2.45, 2.75) is 32.5 Å². The summed E-state index contributed by atoms with van der Waals surface area (Å²) in [5.74, 6) is 2.31. The molecule has 0 saturated carbocycles. The third-order valence-corrected chi connectivity index (χ3v) is 1.47. The van der Waals surface area contributed by atoms with Crippen LogP contribution in [0.3, 0.4) is 0 Å². The van der Waals surface area contributed by atoms with Gasteiger partial charge < -0.3 is 19.9 Å². The molecule has 0 spiro atoms. The van der Waals surface area contributed by atoms with Gasteiger partial charge in [-0.15, -0.1) is 6.42 Å². The summed E-state index contributed by atoms with van der Waals surface area (Å²) in [6.07, 6.45) is 3.63. The lowest BCUT2D eigenvalue weighted by molar-refractivity contribution is -0.0711. The Bertz CT molecular complexity index is 252. The molecule has 0 fully saturated rings. The zero-order valence-electron chi connectivity index (χ0n) is 9.99. The molecule has 5 heteroatoms. The van der Waals surface area contributed by atoms with Crippen molar-refractivity contribution in [3.8, 4) is 12.3 Å². The first-order chi connectivity index (χ1) is 7.35. The van der Waals surface area contributed by atoms with Gasteiger partial charge in [-0.25, -0.2) is 4.79 Å². The molecule has 2 N–H and O–H groups in total. The maximum atomic E-state index is 10.6. The van der Waals surface area contributed by atoms with Gasteiger partial charge in [-0.1, -0.05) is 5.92 Å². The number of hydrogen-bond acceptors (Lipinski definition) is 4. The van der Waals surface area contributed by atoms with E-state index < -0.39 is 12.2 Å². The fourth-order valence-electron chi connectivity index (χ4n) is 0.873. The molecule has 0 aliphatic heterocycles. The van der Waals surface area contributed by atoms with Gasteiger partial charge in [0.25, 0.3) is 0 Å². The SMILES string of the molecule is C#CCOCC(COC(C)(C)C)OC(N)=O. The second kappa shape index (κ2) is 7.09. The highest BCUT2D eigenvalue weighted by Crippen LogP contribution is 2.08. The largest absolute Gasteiger partial charge is 0.441 e. The van der Waals surface area contributed by atoms with Gasteiger partial charge in [-0.3, -0.25) is 0 Å². The fraction of sp³-hybridized carbons (Fsp3) is 0.727. The molecular formula is C11H19NO4. The number of amides is 1. The molecular weight excluding hydrogens is 210 g/mol. The van der Waals surface area contributed by atoms with E-state index in [1.165, 1.54) is 0 Å². The molecule has 0 heterocycles. The Morgan fingerprint density at radius 3 is 2.50 bits per heavy atom. The van der Waals surface area contributed by atoms with Crippen LogP contribution < -0.4 is 5.73 Å². The third-order valence-electron chi connectivity index (χ3n) is 1.47. The zero-order chi connectivity index (χ0) is 12.6. The zero-order valence-corrected chi connectivity index (χ0v) is 9.99. The number of primary amides is 1. The lowest BCUT2D eigenvalue weighted by Crippen LogP contribution is -2.34. The summed E-state index contributed by atoms with van der Waals surface area (Å²) < 4.78 is 15.3. The van der Waals surface area contributed by atoms with E-state index in [1.807, 2.05) is 20.8 Å². The normalized spacial score (nSPS) is 12.9.